The maximum Gasteiger partial charge on any atom is 0.343 e. The van der Waals surface area contributed by atoms with Crippen molar-refractivity contribution in [1.82, 2.24) is 0 Å². The van der Waals surface area contributed by atoms with E-state index in [1.54, 1.807) is 78.9 Å². The van der Waals surface area contributed by atoms with E-state index in [1.807, 2.05) is 0 Å². The third-order valence-corrected chi connectivity index (χ3v) is 4.26. The minimum Gasteiger partial charge on any atom is -0.423 e. The van der Waals surface area contributed by atoms with Crippen molar-refractivity contribution in [3.8, 4) is 11.8 Å². The third-order valence-electron chi connectivity index (χ3n) is 3.76. The Kier molecular flexibility index (Phi) is 5.93. The average Bonchev–Trinajstić information content (AvgIpc) is 2.68. The third kappa shape index (κ3) is 4.98. The Labute approximate surface area is 167 Å². The highest BCUT2D eigenvalue weighted by Crippen LogP contribution is 2.22. The fourth-order valence-electron chi connectivity index (χ4n) is 2.36. The Morgan fingerprint density at radius 3 is 1.85 bits per heavy atom. The summed E-state index contributed by atoms with van der Waals surface area (Å²) in [7, 11) is 0. The van der Waals surface area contributed by atoms with Crippen molar-refractivity contribution in [3.63, 3.8) is 0 Å². The second kappa shape index (κ2) is 8.55. The second-order valence-electron chi connectivity index (χ2n) is 5.64. The molecule has 0 amide bonds. The zero-order valence-electron chi connectivity index (χ0n) is 14.0. The van der Waals surface area contributed by atoms with Crippen molar-refractivity contribution in [2.45, 2.75) is 0 Å². The monoisotopic (exact) mass is 393 g/mol. The smallest absolute Gasteiger partial charge is 0.343 e. The van der Waals surface area contributed by atoms with Crippen LogP contribution in [0.1, 0.15) is 21.5 Å². The van der Waals surface area contributed by atoms with Gasteiger partial charge in [-0.2, -0.15) is 5.26 Å². The van der Waals surface area contributed by atoms with Crippen LogP contribution in [0, 0.1) is 11.3 Å². The first kappa shape index (κ1) is 18.7. The summed E-state index contributed by atoms with van der Waals surface area (Å²) in [5, 5.41) is 10.6. The molecule has 0 saturated carbocycles. The van der Waals surface area contributed by atoms with Crippen LogP contribution >= 0.6 is 23.2 Å². The number of esters is 1. The lowest BCUT2D eigenvalue weighted by molar-refractivity contribution is 0.0735. The summed E-state index contributed by atoms with van der Waals surface area (Å²) in [6.45, 7) is 0. The minimum atomic E-state index is -0.464. The van der Waals surface area contributed by atoms with Gasteiger partial charge in [0.1, 0.15) is 5.75 Å². The molecule has 0 spiro atoms. The van der Waals surface area contributed by atoms with E-state index in [1.165, 1.54) is 0 Å². The van der Waals surface area contributed by atoms with Crippen LogP contribution < -0.4 is 4.74 Å². The summed E-state index contributed by atoms with van der Waals surface area (Å²) < 4.78 is 5.34. The maximum atomic E-state index is 12.1. The summed E-state index contributed by atoms with van der Waals surface area (Å²) in [5.74, 6) is -0.0501. The first-order valence-electron chi connectivity index (χ1n) is 8.01. The van der Waals surface area contributed by atoms with E-state index in [0.29, 0.717) is 26.9 Å². The molecule has 5 heteroatoms. The summed E-state index contributed by atoms with van der Waals surface area (Å²) in [6, 6.07) is 22.6. The number of halogens is 2. The van der Waals surface area contributed by atoms with Gasteiger partial charge in [-0.3, -0.25) is 0 Å². The quantitative estimate of drug-likeness (QED) is 0.227. The lowest BCUT2D eigenvalue weighted by atomic mass is 10.0. The number of nitriles is 1. The highest BCUT2D eigenvalue weighted by Gasteiger charge is 2.08. The molecule has 0 bridgehead atoms. The number of allylic oxidation sites excluding steroid dienone is 1. The van der Waals surface area contributed by atoms with Crippen molar-refractivity contribution >= 4 is 40.8 Å². The summed E-state index contributed by atoms with van der Waals surface area (Å²) in [4.78, 5) is 12.1. The largest absolute Gasteiger partial charge is 0.423 e. The molecule has 0 unspecified atom stereocenters. The number of hydrogen-bond acceptors (Lipinski definition) is 3. The van der Waals surface area contributed by atoms with Gasteiger partial charge in [0.05, 0.1) is 17.2 Å². The van der Waals surface area contributed by atoms with Crippen molar-refractivity contribution in [3.05, 3.63) is 99.5 Å². The fourth-order valence-corrected chi connectivity index (χ4v) is 2.61. The van der Waals surface area contributed by atoms with E-state index in [4.69, 9.17) is 27.9 Å². The zero-order valence-corrected chi connectivity index (χ0v) is 15.5. The Bertz CT molecular complexity index is 1020. The van der Waals surface area contributed by atoms with Crippen molar-refractivity contribution in [2.24, 2.45) is 0 Å². The van der Waals surface area contributed by atoms with Crippen LogP contribution in [0.5, 0.6) is 5.75 Å². The van der Waals surface area contributed by atoms with Gasteiger partial charge in [0.25, 0.3) is 0 Å². The van der Waals surface area contributed by atoms with Crippen LogP contribution in [0.2, 0.25) is 10.0 Å². The van der Waals surface area contributed by atoms with Crippen molar-refractivity contribution < 1.29 is 9.53 Å². The molecule has 0 aromatic heterocycles. The first-order valence-corrected chi connectivity index (χ1v) is 8.76. The Morgan fingerprint density at radius 1 is 0.815 bits per heavy atom. The predicted octanol–water partition coefficient (Wildman–Crippen LogP) is 6.28. The molecule has 3 rings (SSSR count). The normalized spacial score (nSPS) is 10.9. The molecular formula is C22H13Cl2NO2. The molecule has 0 heterocycles. The number of carbonyl (C=O) groups excluding carboxylic acids is 1. The number of ether oxygens (including phenoxy) is 1. The van der Waals surface area contributed by atoms with E-state index in [-0.39, 0.29) is 0 Å². The van der Waals surface area contributed by atoms with Gasteiger partial charge >= 0.3 is 5.97 Å². The predicted molar refractivity (Wildman–Crippen MR) is 108 cm³/mol. The Hall–Kier alpha value is -3.06. The van der Waals surface area contributed by atoms with E-state index >= 15 is 0 Å². The van der Waals surface area contributed by atoms with Gasteiger partial charge in [0, 0.05) is 10.0 Å². The van der Waals surface area contributed by atoms with Crippen molar-refractivity contribution in [2.75, 3.05) is 0 Å². The molecule has 0 aliphatic rings. The number of nitrogens with zero attached hydrogens (tertiary/aromatic N) is 1. The molecule has 0 atom stereocenters. The van der Waals surface area contributed by atoms with Crippen LogP contribution in [0.4, 0.5) is 0 Å². The van der Waals surface area contributed by atoms with Crippen LogP contribution in [-0.2, 0) is 0 Å². The molecule has 0 fully saturated rings. The van der Waals surface area contributed by atoms with E-state index in [0.717, 1.165) is 11.1 Å². The van der Waals surface area contributed by atoms with E-state index < -0.39 is 5.97 Å². The first-order chi connectivity index (χ1) is 13.0. The van der Waals surface area contributed by atoms with Crippen molar-refractivity contribution in [1.29, 1.82) is 5.26 Å². The SMILES string of the molecule is N#C/C(=C/c1ccc(OC(=O)c2ccc(Cl)cc2)cc1)c1ccc(Cl)cc1. The number of carbonyl (C=O) groups is 1. The number of benzene rings is 3. The highest BCUT2D eigenvalue weighted by atomic mass is 35.5. The van der Waals surface area contributed by atoms with Crippen LogP contribution in [0.15, 0.2) is 72.8 Å². The van der Waals surface area contributed by atoms with Crippen LogP contribution in [0.3, 0.4) is 0 Å². The molecule has 27 heavy (non-hydrogen) atoms. The molecule has 132 valence electrons. The molecule has 0 N–H and O–H groups in total. The maximum absolute atomic E-state index is 12.1. The van der Waals surface area contributed by atoms with Crippen LogP contribution in [0.25, 0.3) is 11.6 Å². The number of hydrogen-bond donors (Lipinski definition) is 0. The van der Waals surface area contributed by atoms with E-state index in [9.17, 15) is 10.1 Å². The van der Waals surface area contributed by atoms with E-state index in [2.05, 4.69) is 6.07 Å². The molecule has 0 aliphatic heterocycles. The topological polar surface area (TPSA) is 50.1 Å². The van der Waals surface area contributed by atoms with Crippen LogP contribution in [-0.4, -0.2) is 5.97 Å². The van der Waals surface area contributed by atoms with Gasteiger partial charge in [-0.05, 0) is 65.7 Å². The zero-order chi connectivity index (χ0) is 19.2. The van der Waals surface area contributed by atoms with Gasteiger partial charge < -0.3 is 4.74 Å². The molecular weight excluding hydrogens is 381 g/mol. The number of rotatable bonds is 4. The summed E-state index contributed by atoms with van der Waals surface area (Å²) in [6.07, 6.45) is 1.76. The van der Waals surface area contributed by atoms with Gasteiger partial charge in [-0.1, -0.05) is 47.5 Å². The minimum absolute atomic E-state index is 0.414. The van der Waals surface area contributed by atoms with Gasteiger partial charge in [0.15, 0.2) is 0 Å². The molecule has 3 aromatic rings. The van der Waals surface area contributed by atoms with Gasteiger partial charge in [-0.25, -0.2) is 4.79 Å². The standard InChI is InChI=1S/C22H13Cl2NO2/c23-19-7-3-16(4-8-19)18(14-25)13-15-1-11-21(12-2-15)27-22(26)17-5-9-20(24)10-6-17/h1-13H/b18-13-. The van der Waals surface area contributed by atoms with Gasteiger partial charge in [0.2, 0.25) is 0 Å². The Morgan fingerprint density at radius 2 is 1.33 bits per heavy atom. The summed E-state index contributed by atoms with van der Waals surface area (Å²) in [5.41, 5.74) is 2.52. The lowest BCUT2D eigenvalue weighted by Gasteiger charge is -2.05. The molecule has 3 nitrogen and oxygen atoms in total. The highest BCUT2D eigenvalue weighted by molar-refractivity contribution is 6.30. The Balaban J connectivity index is 1.74. The lowest BCUT2D eigenvalue weighted by Crippen LogP contribution is -2.08. The molecule has 0 radical (unpaired) electrons. The average molecular weight is 394 g/mol. The molecule has 0 aliphatic carbocycles. The molecule has 3 aromatic carbocycles. The summed E-state index contributed by atoms with van der Waals surface area (Å²) >= 11 is 11.7. The van der Waals surface area contributed by atoms with Gasteiger partial charge in [-0.15, -0.1) is 0 Å². The second-order valence-corrected chi connectivity index (χ2v) is 6.52. The molecule has 0 saturated heterocycles. The fraction of sp³-hybridized carbons (Fsp3) is 0.